The predicted octanol–water partition coefficient (Wildman–Crippen LogP) is 3.02. The van der Waals surface area contributed by atoms with E-state index in [9.17, 15) is 4.79 Å². The van der Waals surface area contributed by atoms with Gasteiger partial charge < -0.3 is 14.5 Å². The number of carbonyl (C=O) groups excluding carboxylic acids is 1. The first kappa shape index (κ1) is 16.8. The first-order chi connectivity index (χ1) is 12.2. The molecule has 1 aromatic carbocycles. The average Bonchev–Trinajstić information content (AvgIpc) is 3.03. The summed E-state index contributed by atoms with van der Waals surface area (Å²) < 4.78 is 7.28. The molecule has 1 amide bonds. The van der Waals surface area contributed by atoms with Crippen LogP contribution in [0.3, 0.4) is 0 Å². The summed E-state index contributed by atoms with van der Waals surface area (Å²) in [7, 11) is 1.62. The lowest BCUT2D eigenvalue weighted by molar-refractivity contribution is -0.116. The molecule has 2 heterocycles. The van der Waals surface area contributed by atoms with Gasteiger partial charge in [0.05, 0.1) is 12.8 Å². The van der Waals surface area contributed by atoms with Gasteiger partial charge in [0, 0.05) is 37.0 Å². The zero-order valence-corrected chi connectivity index (χ0v) is 14.4. The van der Waals surface area contributed by atoms with Crippen LogP contribution >= 0.6 is 0 Å². The van der Waals surface area contributed by atoms with Crippen LogP contribution in [0.5, 0.6) is 5.75 Å². The number of benzene rings is 1. The van der Waals surface area contributed by atoms with Crippen molar-refractivity contribution in [3.8, 4) is 5.75 Å². The molecule has 0 aliphatic heterocycles. The monoisotopic (exact) mass is 335 g/mol. The largest absolute Gasteiger partial charge is 0.496 e. The fourth-order valence-corrected chi connectivity index (χ4v) is 2.63. The lowest BCUT2D eigenvalue weighted by Crippen LogP contribution is -2.23. The Labute approximate surface area is 147 Å². The van der Waals surface area contributed by atoms with Crippen molar-refractivity contribution in [3.05, 3.63) is 71.7 Å². The van der Waals surface area contributed by atoms with Gasteiger partial charge in [0.2, 0.25) is 5.91 Å². The predicted molar refractivity (Wildman–Crippen MR) is 98.7 cm³/mol. The molecule has 0 atom stereocenters. The minimum absolute atomic E-state index is 0.132. The third-order valence-corrected chi connectivity index (χ3v) is 3.89. The maximum atomic E-state index is 12.0. The number of fused-ring (bicyclic) bond motifs is 1. The second-order valence-corrected chi connectivity index (χ2v) is 5.82. The number of imidazole rings is 1. The molecule has 0 unspecified atom stereocenters. The first-order valence-corrected chi connectivity index (χ1v) is 8.19. The molecular weight excluding hydrogens is 314 g/mol. The number of methoxy groups -OCH3 is 1. The van der Waals surface area contributed by atoms with Crippen LogP contribution in [0.25, 0.3) is 11.7 Å². The van der Waals surface area contributed by atoms with Crippen molar-refractivity contribution in [1.29, 1.82) is 0 Å². The highest BCUT2D eigenvalue weighted by atomic mass is 16.5. The van der Waals surface area contributed by atoms with Crippen LogP contribution in [0, 0.1) is 6.92 Å². The van der Waals surface area contributed by atoms with Gasteiger partial charge in [-0.2, -0.15) is 0 Å². The summed E-state index contributed by atoms with van der Waals surface area (Å²) in [6, 6.07) is 11.7. The van der Waals surface area contributed by atoms with Gasteiger partial charge in [0.15, 0.2) is 0 Å². The van der Waals surface area contributed by atoms with Crippen molar-refractivity contribution in [1.82, 2.24) is 14.7 Å². The maximum absolute atomic E-state index is 12.0. The smallest absolute Gasteiger partial charge is 0.244 e. The molecule has 3 rings (SSSR count). The molecule has 0 radical (unpaired) electrons. The summed E-state index contributed by atoms with van der Waals surface area (Å²) in [6.07, 6.45) is 7.93. The second kappa shape index (κ2) is 7.66. The molecule has 5 heteroatoms. The molecule has 0 saturated heterocycles. The molecule has 3 aromatic rings. The Balaban J connectivity index is 1.55. The van der Waals surface area contributed by atoms with E-state index in [2.05, 4.69) is 10.3 Å². The number of nitrogens with one attached hydrogen (secondary N) is 1. The quantitative estimate of drug-likeness (QED) is 0.705. The number of hydrogen-bond acceptors (Lipinski definition) is 3. The molecular formula is C20H21N3O2. The van der Waals surface area contributed by atoms with Crippen LogP contribution in [0.1, 0.15) is 16.8 Å². The number of ether oxygens (including phenoxy) is 1. The van der Waals surface area contributed by atoms with E-state index in [-0.39, 0.29) is 5.91 Å². The number of rotatable bonds is 6. The summed E-state index contributed by atoms with van der Waals surface area (Å²) >= 11 is 0. The number of nitrogens with zero attached hydrogens (tertiary/aromatic N) is 2. The Hall–Kier alpha value is -3.08. The van der Waals surface area contributed by atoms with Crippen molar-refractivity contribution < 1.29 is 9.53 Å². The molecule has 1 N–H and O–H groups in total. The zero-order chi connectivity index (χ0) is 17.6. The van der Waals surface area contributed by atoms with Crippen LogP contribution in [0.4, 0.5) is 0 Å². The lowest BCUT2D eigenvalue weighted by Gasteiger charge is -2.05. The molecule has 128 valence electrons. The highest BCUT2D eigenvalue weighted by Gasteiger charge is 2.03. The number of aromatic nitrogens is 2. The molecule has 5 nitrogen and oxygen atoms in total. The van der Waals surface area contributed by atoms with Gasteiger partial charge in [-0.3, -0.25) is 4.79 Å². The number of aryl methyl sites for hydroxylation is 1. The molecule has 25 heavy (non-hydrogen) atoms. The fourth-order valence-electron chi connectivity index (χ4n) is 2.63. The standard InChI is InChI=1S/C20H21N3O2/c1-15-6-8-18(25-2)16(13-15)7-9-20(24)21-11-10-17-14-23-12-4-3-5-19(23)22-17/h3-9,12-14H,10-11H2,1-2H3,(H,21,24)/b9-7+. The van der Waals surface area contributed by atoms with E-state index in [0.717, 1.165) is 28.2 Å². The summed E-state index contributed by atoms with van der Waals surface area (Å²) in [5.74, 6) is 0.617. The Bertz CT molecular complexity index is 879. The van der Waals surface area contributed by atoms with E-state index in [4.69, 9.17) is 4.74 Å². The van der Waals surface area contributed by atoms with Crippen molar-refractivity contribution >= 4 is 17.6 Å². The van der Waals surface area contributed by atoms with Gasteiger partial charge in [-0.15, -0.1) is 0 Å². The van der Waals surface area contributed by atoms with Gasteiger partial charge in [-0.05, 0) is 37.3 Å². The number of pyridine rings is 1. The number of amides is 1. The van der Waals surface area contributed by atoms with Gasteiger partial charge in [-0.25, -0.2) is 4.98 Å². The van der Waals surface area contributed by atoms with Crippen LogP contribution < -0.4 is 10.1 Å². The van der Waals surface area contributed by atoms with E-state index in [0.29, 0.717) is 13.0 Å². The van der Waals surface area contributed by atoms with Crippen LogP contribution in [-0.4, -0.2) is 28.9 Å². The number of carbonyl (C=O) groups is 1. The minimum atomic E-state index is -0.132. The topological polar surface area (TPSA) is 55.6 Å². The molecule has 0 saturated carbocycles. The van der Waals surface area contributed by atoms with E-state index in [1.165, 1.54) is 6.08 Å². The summed E-state index contributed by atoms with van der Waals surface area (Å²) in [5.41, 5.74) is 3.87. The van der Waals surface area contributed by atoms with Gasteiger partial charge >= 0.3 is 0 Å². The SMILES string of the molecule is COc1ccc(C)cc1/C=C/C(=O)NCCc1cn2ccccc2n1. The molecule has 0 spiro atoms. The molecule has 0 aliphatic rings. The third kappa shape index (κ3) is 4.26. The average molecular weight is 335 g/mol. The first-order valence-electron chi connectivity index (χ1n) is 8.19. The van der Waals surface area contributed by atoms with E-state index in [1.807, 2.05) is 60.1 Å². The number of hydrogen-bond donors (Lipinski definition) is 1. The minimum Gasteiger partial charge on any atom is -0.496 e. The van der Waals surface area contributed by atoms with Crippen LogP contribution in [0.15, 0.2) is 54.9 Å². The van der Waals surface area contributed by atoms with Crippen molar-refractivity contribution in [2.75, 3.05) is 13.7 Å². The lowest BCUT2D eigenvalue weighted by atomic mass is 10.1. The Kier molecular flexibility index (Phi) is 5.14. The van der Waals surface area contributed by atoms with Gasteiger partial charge in [-0.1, -0.05) is 17.7 Å². The Morgan fingerprint density at radius 3 is 3.00 bits per heavy atom. The summed E-state index contributed by atoms with van der Waals surface area (Å²) in [4.78, 5) is 16.5. The highest BCUT2D eigenvalue weighted by Crippen LogP contribution is 2.20. The maximum Gasteiger partial charge on any atom is 0.244 e. The van der Waals surface area contributed by atoms with E-state index < -0.39 is 0 Å². The van der Waals surface area contributed by atoms with Crippen LogP contribution in [-0.2, 0) is 11.2 Å². The molecule has 0 fully saturated rings. The zero-order valence-electron chi connectivity index (χ0n) is 14.4. The van der Waals surface area contributed by atoms with E-state index in [1.54, 1.807) is 13.2 Å². The summed E-state index contributed by atoms with van der Waals surface area (Å²) in [6.45, 7) is 2.55. The van der Waals surface area contributed by atoms with Gasteiger partial charge in [0.1, 0.15) is 11.4 Å². The molecule has 2 aromatic heterocycles. The van der Waals surface area contributed by atoms with Crippen molar-refractivity contribution in [2.45, 2.75) is 13.3 Å². The Morgan fingerprint density at radius 1 is 1.32 bits per heavy atom. The third-order valence-electron chi connectivity index (χ3n) is 3.89. The molecule has 0 bridgehead atoms. The fraction of sp³-hybridized carbons (Fsp3) is 0.200. The van der Waals surface area contributed by atoms with Crippen molar-refractivity contribution in [2.24, 2.45) is 0 Å². The van der Waals surface area contributed by atoms with Crippen molar-refractivity contribution in [3.63, 3.8) is 0 Å². The summed E-state index contributed by atoms with van der Waals surface area (Å²) in [5, 5.41) is 2.88. The second-order valence-electron chi connectivity index (χ2n) is 5.82. The van der Waals surface area contributed by atoms with Gasteiger partial charge in [0.25, 0.3) is 0 Å². The van der Waals surface area contributed by atoms with Crippen LogP contribution in [0.2, 0.25) is 0 Å². The van der Waals surface area contributed by atoms with E-state index >= 15 is 0 Å². The molecule has 0 aliphatic carbocycles. The normalized spacial score (nSPS) is 11.1. The Morgan fingerprint density at radius 2 is 2.20 bits per heavy atom. The highest BCUT2D eigenvalue weighted by molar-refractivity contribution is 5.92.